The number of imidazole rings is 1. The lowest BCUT2D eigenvalue weighted by molar-refractivity contribution is 0.297. The van der Waals surface area contributed by atoms with E-state index in [9.17, 15) is 0 Å². The summed E-state index contributed by atoms with van der Waals surface area (Å²) in [6, 6.07) is 10.0. The van der Waals surface area contributed by atoms with Crippen LogP contribution in [0.2, 0.25) is 0 Å². The van der Waals surface area contributed by atoms with Gasteiger partial charge in [0, 0.05) is 17.7 Å². The summed E-state index contributed by atoms with van der Waals surface area (Å²) in [4.78, 5) is 7.63. The van der Waals surface area contributed by atoms with Gasteiger partial charge in [0.2, 0.25) is 0 Å². The lowest BCUT2D eigenvalue weighted by Gasteiger charge is -1.96. The second-order valence-corrected chi connectivity index (χ2v) is 3.50. The number of benzene rings is 1. The molecule has 0 bridgehead atoms. The molecule has 2 rings (SSSR count). The summed E-state index contributed by atoms with van der Waals surface area (Å²) in [5, 5.41) is 8.83. The third-order valence-corrected chi connectivity index (χ3v) is 2.33. The number of rotatable bonds is 3. The van der Waals surface area contributed by atoms with E-state index in [0.717, 1.165) is 22.8 Å². The van der Waals surface area contributed by atoms with E-state index >= 15 is 0 Å². The van der Waals surface area contributed by atoms with Crippen LogP contribution >= 0.6 is 0 Å². The molecular formula is C12H14N2O. The molecule has 0 aliphatic rings. The predicted molar refractivity (Wildman–Crippen MR) is 59.6 cm³/mol. The molecule has 0 saturated carbocycles. The van der Waals surface area contributed by atoms with Crippen LogP contribution in [0.3, 0.4) is 0 Å². The van der Waals surface area contributed by atoms with E-state index in [-0.39, 0.29) is 6.61 Å². The summed E-state index contributed by atoms with van der Waals surface area (Å²) in [5.74, 6) is 0.842. The summed E-state index contributed by atoms with van der Waals surface area (Å²) in [6.45, 7) is 2.12. The molecule has 2 aromatic rings. The molecule has 1 aromatic carbocycles. The molecule has 3 nitrogen and oxygen atoms in total. The smallest absolute Gasteiger partial charge is 0.109 e. The van der Waals surface area contributed by atoms with E-state index in [1.54, 1.807) is 0 Å². The average Bonchev–Trinajstić information content (AvgIpc) is 2.61. The second kappa shape index (κ2) is 4.28. The van der Waals surface area contributed by atoms with Gasteiger partial charge in [-0.25, -0.2) is 4.98 Å². The van der Waals surface area contributed by atoms with E-state index in [1.807, 2.05) is 37.3 Å². The van der Waals surface area contributed by atoms with Crippen molar-refractivity contribution in [3.63, 3.8) is 0 Å². The first-order valence-electron chi connectivity index (χ1n) is 5.03. The lowest BCUT2D eigenvalue weighted by Crippen LogP contribution is -1.92. The Kier molecular flexibility index (Phi) is 2.83. The largest absolute Gasteiger partial charge is 0.396 e. The lowest BCUT2D eigenvalue weighted by atomic mass is 10.1. The standard InChI is InChI=1S/C12H14N2O/c1-9-12(10-5-3-2-4-6-10)14-11(13-9)7-8-15/h2-6,15H,7-8H2,1H3,(H,13,14). The highest BCUT2D eigenvalue weighted by Gasteiger charge is 2.07. The van der Waals surface area contributed by atoms with Crippen LogP contribution in [0.5, 0.6) is 0 Å². The van der Waals surface area contributed by atoms with Crippen molar-refractivity contribution in [2.75, 3.05) is 6.61 Å². The maximum atomic E-state index is 8.83. The maximum absolute atomic E-state index is 8.83. The Bertz CT molecular complexity index is 434. The van der Waals surface area contributed by atoms with Gasteiger partial charge in [0.25, 0.3) is 0 Å². The molecule has 0 radical (unpaired) electrons. The first-order chi connectivity index (χ1) is 7.31. The number of aromatic nitrogens is 2. The van der Waals surface area contributed by atoms with Crippen molar-refractivity contribution in [3.8, 4) is 11.3 Å². The van der Waals surface area contributed by atoms with Crippen molar-refractivity contribution in [2.45, 2.75) is 13.3 Å². The van der Waals surface area contributed by atoms with Gasteiger partial charge in [-0.3, -0.25) is 0 Å². The van der Waals surface area contributed by atoms with Crippen molar-refractivity contribution in [3.05, 3.63) is 41.9 Å². The maximum Gasteiger partial charge on any atom is 0.109 e. The van der Waals surface area contributed by atoms with Crippen LogP contribution in [0.15, 0.2) is 30.3 Å². The third-order valence-electron chi connectivity index (χ3n) is 2.33. The van der Waals surface area contributed by atoms with Crippen molar-refractivity contribution in [2.24, 2.45) is 0 Å². The number of aryl methyl sites for hydroxylation is 1. The highest BCUT2D eigenvalue weighted by Crippen LogP contribution is 2.20. The molecule has 1 aromatic heterocycles. The van der Waals surface area contributed by atoms with E-state index in [1.165, 1.54) is 0 Å². The molecule has 0 amide bonds. The van der Waals surface area contributed by atoms with Crippen LogP contribution in [-0.2, 0) is 6.42 Å². The van der Waals surface area contributed by atoms with E-state index in [4.69, 9.17) is 5.11 Å². The molecule has 1 heterocycles. The molecule has 0 atom stereocenters. The minimum Gasteiger partial charge on any atom is -0.396 e. The van der Waals surface area contributed by atoms with E-state index in [0.29, 0.717) is 6.42 Å². The second-order valence-electron chi connectivity index (χ2n) is 3.50. The van der Waals surface area contributed by atoms with Crippen LogP contribution in [0.4, 0.5) is 0 Å². The Balaban J connectivity index is 2.36. The molecule has 0 fully saturated rings. The zero-order valence-corrected chi connectivity index (χ0v) is 8.70. The molecule has 15 heavy (non-hydrogen) atoms. The molecule has 78 valence electrons. The molecule has 3 heteroatoms. The summed E-state index contributed by atoms with van der Waals surface area (Å²) in [6.07, 6.45) is 0.577. The summed E-state index contributed by atoms with van der Waals surface area (Å²) in [5.41, 5.74) is 3.12. The van der Waals surface area contributed by atoms with Crippen LogP contribution in [0.25, 0.3) is 11.3 Å². The molecular weight excluding hydrogens is 188 g/mol. The zero-order chi connectivity index (χ0) is 10.7. The van der Waals surface area contributed by atoms with Crippen LogP contribution < -0.4 is 0 Å². The van der Waals surface area contributed by atoms with Crippen LogP contribution in [0, 0.1) is 6.92 Å². The number of nitrogens with one attached hydrogen (secondary N) is 1. The molecule has 0 spiro atoms. The molecule has 0 saturated heterocycles. The molecule has 2 N–H and O–H groups in total. The number of nitrogens with zero attached hydrogens (tertiary/aromatic N) is 1. The Labute approximate surface area is 88.8 Å². The van der Waals surface area contributed by atoms with Crippen molar-refractivity contribution in [1.82, 2.24) is 9.97 Å². The molecule has 0 aliphatic heterocycles. The van der Waals surface area contributed by atoms with Crippen molar-refractivity contribution >= 4 is 0 Å². The number of hydrogen-bond donors (Lipinski definition) is 2. The van der Waals surface area contributed by atoms with E-state index < -0.39 is 0 Å². The van der Waals surface area contributed by atoms with E-state index in [2.05, 4.69) is 9.97 Å². The number of aromatic amines is 1. The SMILES string of the molecule is Cc1[nH]c(CCO)nc1-c1ccccc1. The highest BCUT2D eigenvalue weighted by atomic mass is 16.3. The van der Waals surface area contributed by atoms with Crippen molar-refractivity contribution < 1.29 is 5.11 Å². The van der Waals surface area contributed by atoms with Gasteiger partial charge in [-0.05, 0) is 6.92 Å². The topological polar surface area (TPSA) is 48.9 Å². The summed E-state index contributed by atoms with van der Waals surface area (Å²) in [7, 11) is 0. The van der Waals surface area contributed by atoms with Crippen LogP contribution in [-0.4, -0.2) is 21.7 Å². The number of aliphatic hydroxyl groups is 1. The first kappa shape index (κ1) is 9.93. The predicted octanol–water partition coefficient (Wildman–Crippen LogP) is 1.92. The minimum absolute atomic E-state index is 0.126. The molecule has 0 aliphatic carbocycles. The third kappa shape index (κ3) is 2.07. The van der Waals surface area contributed by atoms with Gasteiger partial charge < -0.3 is 10.1 Å². The Morgan fingerprint density at radius 3 is 2.67 bits per heavy atom. The van der Waals surface area contributed by atoms with Gasteiger partial charge in [0.05, 0.1) is 12.3 Å². The number of hydrogen-bond acceptors (Lipinski definition) is 2. The van der Waals surface area contributed by atoms with Gasteiger partial charge in [-0.15, -0.1) is 0 Å². The Hall–Kier alpha value is -1.61. The summed E-state index contributed by atoms with van der Waals surface area (Å²) >= 11 is 0. The molecule has 0 unspecified atom stereocenters. The average molecular weight is 202 g/mol. The van der Waals surface area contributed by atoms with Crippen molar-refractivity contribution in [1.29, 1.82) is 0 Å². The summed E-state index contributed by atoms with van der Waals surface area (Å²) < 4.78 is 0. The first-order valence-corrected chi connectivity index (χ1v) is 5.03. The van der Waals surface area contributed by atoms with Gasteiger partial charge in [0.1, 0.15) is 5.82 Å². The fourth-order valence-electron chi connectivity index (χ4n) is 1.62. The Morgan fingerprint density at radius 2 is 2.00 bits per heavy atom. The quantitative estimate of drug-likeness (QED) is 0.798. The Morgan fingerprint density at radius 1 is 1.27 bits per heavy atom. The van der Waals surface area contributed by atoms with Gasteiger partial charge in [-0.1, -0.05) is 30.3 Å². The number of H-pyrrole nitrogens is 1. The number of aliphatic hydroxyl groups excluding tert-OH is 1. The van der Waals surface area contributed by atoms with Gasteiger partial charge >= 0.3 is 0 Å². The van der Waals surface area contributed by atoms with Gasteiger partial charge in [0.15, 0.2) is 0 Å². The minimum atomic E-state index is 0.126. The monoisotopic (exact) mass is 202 g/mol. The zero-order valence-electron chi connectivity index (χ0n) is 8.70. The fraction of sp³-hybridized carbons (Fsp3) is 0.250. The highest BCUT2D eigenvalue weighted by molar-refractivity contribution is 5.61. The van der Waals surface area contributed by atoms with Crippen LogP contribution in [0.1, 0.15) is 11.5 Å². The fourth-order valence-corrected chi connectivity index (χ4v) is 1.62. The normalized spacial score (nSPS) is 10.5. The van der Waals surface area contributed by atoms with Gasteiger partial charge in [-0.2, -0.15) is 0 Å².